The molecule has 0 unspecified atom stereocenters. The molecule has 1 aromatic carbocycles. The van der Waals surface area contributed by atoms with E-state index in [4.69, 9.17) is 0 Å². The van der Waals surface area contributed by atoms with Crippen LogP contribution >= 0.6 is 0 Å². The van der Waals surface area contributed by atoms with Crippen LogP contribution in [0.25, 0.3) is 5.57 Å². The lowest BCUT2D eigenvalue weighted by molar-refractivity contribution is 1.29. The summed E-state index contributed by atoms with van der Waals surface area (Å²) in [7, 11) is -0.976. The van der Waals surface area contributed by atoms with Crippen LogP contribution < -0.4 is 0 Å². The van der Waals surface area contributed by atoms with Crippen molar-refractivity contribution in [1.29, 1.82) is 0 Å². The molecule has 15 heavy (non-hydrogen) atoms. The van der Waals surface area contributed by atoms with Gasteiger partial charge < -0.3 is 0 Å². The standard InChI is InChI=1S/C14H20Si/c1-11-5-6-12-7-8-13(14(12)9-11)10-15(2,3)4/h5-6,8-9H,7,10H2,1-4H3. The third-order valence-corrected chi connectivity index (χ3v) is 4.34. The quantitative estimate of drug-likeness (QED) is 0.648. The Morgan fingerprint density at radius 1 is 1.20 bits per heavy atom. The third kappa shape index (κ3) is 2.40. The van der Waals surface area contributed by atoms with Crippen LogP contribution in [0.1, 0.15) is 16.7 Å². The van der Waals surface area contributed by atoms with Crippen LogP contribution in [-0.2, 0) is 6.42 Å². The fourth-order valence-electron chi connectivity index (χ4n) is 2.25. The molecule has 1 heteroatoms. The smallest absolute Gasteiger partial charge is 0.0487 e. The SMILES string of the molecule is Cc1ccc2c(c1)C(C[Si](C)(C)C)=CC2. The zero-order valence-corrected chi connectivity index (χ0v) is 11.2. The van der Waals surface area contributed by atoms with E-state index in [-0.39, 0.29) is 0 Å². The molecule has 0 aliphatic heterocycles. The molecule has 0 fully saturated rings. The minimum atomic E-state index is -0.976. The molecule has 0 heterocycles. The average molecular weight is 216 g/mol. The highest BCUT2D eigenvalue weighted by molar-refractivity contribution is 6.77. The van der Waals surface area contributed by atoms with Gasteiger partial charge >= 0.3 is 0 Å². The molecule has 2 rings (SSSR count). The van der Waals surface area contributed by atoms with Gasteiger partial charge in [-0.2, -0.15) is 0 Å². The maximum Gasteiger partial charge on any atom is 0.0487 e. The van der Waals surface area contributed by atoms with Gasteiger partial charge in [-0.1, -0.05) is 49.5 Å². The van der Waals surface area contributed by atoms with Crippen LogP contribution in [0.5, 0.6) is 0 Å². The molecule has 0 nitrogen and oxygen atoms in total. The van der Waals surface area contributed by atoms with Crippen LogP contribution in [0.3, 0.4) is 0 Å². The summed E-state index contributed by atoms with van der Waals surface area (Å²) in [5, 5.41) is 0. The van der Waals surface area contributed by atoms with Crippen LogP contribution in [0, 0.1) is 6.92 Å². The summed E-state index contributed by atoms with van der Waals surface area (Å²) in [5.41, 5.74) is 6.04. The first-order valence-electron chi connectivity index (χ1n) is 5.75. The molecule has 0 radical (unpaired) electrons. The van der Waals surface area contributed by atoms with Crippen molar-refractivity contribution in [3.8, 4) is 0 Å². The summed E-state index contributed by atoms with van der Waals surface area (Å²) < 4.78 is 0. The second-order valence-corrected chi connectivity index (χ2v) is 11.3. The van der Waals surface area contributed by atoms with Crippen LogP contribution in [0.2, 0.25) is 25.7 Å². The Labute approximate surface area is 94.0 Å². The summed E-state index contributed by atoms with van der Waals surface area (Å²) in [5.74, 6) is 0. The predicted octanol–water partition coefficient (Wildman–Crippen LogP) is 4.27. The number of fused-ring (bicyclic) bond motifs is 1. The molecule has 0 atom stereocenters. The van der Waals surface area contributed by atoms with Gasteiger partial charge in [0.1, 0.15) is 0 Å². The fourth-order valence-corrected chi connectivity index (χ4v) is 3.73. The molecule has 80 valence electrons. The molecule has 0 saturated carbocycles. The molecule has 1 aromatic rings. The highest BCUT2D eigenvalue weighted by atomic mass is 28.3. The number of rotatable bonds is 2. The van der Waals surface area contributed by atoms with E-state index in [1.54, 1.807) is 5.57 Å². The van der Waals surface area contributed by atoms with Gasteiger partial charge in [-0.3, -0.25) is 0 Å². The Hall–Kier alpha value is -0.823. The summed E-state index contributed by atoms with van der Waals surface area (Å²) >= 11 is 0. The summed E-state index contributed by atoms with van der Waals surface area (Å²) in [6, 6.07) is 8.19. The monoisotopic (exact) mass is 216 g/mol. The lowest BCUT2D eigenvalue weighted by Crippen LogP contribution is -2.19. The molecular formula is C14H20Si. The molecule has 0 saturated heterocycles. The average Bonchev–Trinajstić information content (AvgIpc) is 2.46. The first-order valence-corrected chi connectivity index (χ1v) is 9.45. The zero-order chi connectivity index (χ0) is 11.1. The second kappa shape index (κ2) is 3.64. The molecule has 0 aromatic heterocycles. The minimum Gasteiger partial charge on any atom is -0.0766 e. The summed E-state index contributed by atoms with van der Waals surface area (Å²) in [4.78, 5) is 0. The molecule has 1 aliphatic rings. The normalized spacial score (nSPS) is 15.1. The van der Waals surface area contributed by atoms with E-state index in [0.717, 1.165) is 6.42 Å². The largest absolute Gasteiger partial charge is 0.0766 e. The molecule has 0 amide bonds. The van der Waals surface area contributed by atoms with Gasteiger partial charge in [0.2, 0.25) is 0 Å². The highest BCUT2D eigenvalue weighted by Gasteiger charge is 2.20. The van der Waals surface area contributed by atoms with Crippen molar-refractivity contribution in [3.05, 3.63) is 41.0 Å². The second-order valence-electron chi connectivity index (χ2n) is 5.83. The maximum atomic E-state index is 2.45. The Bertz CT molecular complexity index is 408. The van der Waals surface area contributed by atoms with Gasteiger partial charge in [0, 0.05) is 8.07 Å². The Balaban J connectivity index is 2.30. The lowest BCUT2D eigenvalue weighted by atomic mass is 10.0. The summed E-state index contributed by atoms with van der Waals surface area (Å²) in [6.45, 7) is 9.52. The number of aryl methyl sites for hydroxylation is 1. The minimum absolute atomic E-state index is 0.976. The van der Waals surface area contributed by atoms with E-state index < -0.39 is 8.07 Å². The number of hydrogen-bond donors (Lipinski definition) is 0. The number of allylic oxidation sites excluding steroid dienone is 2. The van der Waals surface area contributed by atoms with Gasteiger partial charge in [0.05, 0.1) is 0 Å². The number of benzene rings is 1. The summed E-state index contributed by atoms with van der Waals surface area (Å²) in [6.07, 6.45) is 3.58. The van der Waals surface area contributed by atoms with Crippen LogP contribution in [-0.4, -0.2) is 8.07 Å². The van der Waals surface area contributed by atoms with E-state index in [1.165, 1.54) is 22.7 Å². The first kappa shape index (κ1) is 10.7. The molecule has 0 spiro atoms. The van der Waals surface area contributed by atoms with Crippen molar-refractivity contribution in [1.82, 2.24) is 0 Å². The van der Waals surface area contributed by atoms with Crippen molar-refractivity contribution in [2.24, 2.45) is 0 Å². The van der Waals surface area contributed by atoms with Gasteiger partial charge in [-0.05, 0) is 36.1 Å². The Kier molecular flexibility index (Phi) is 2.59. The molecule has 1 aliphatic carbocycles. The van der Waals surface area contributed by atoms with Crippen molar-refractivity contribution in [2.45, 2.75) is 39.0 Å². The maximum absolute atomic E-state index is 2.45. The highest BCUT2D eigenvalue weighted by Crippen LogP contribution is 2.34. The van der Waals surface area contributed by atoms with E-state index in [2.05, 4.69) is 50.8 Å². The van der Waals surface area contributed by atoms with Gasteiger partial charge in [0.25, 0.3) is 0 Å². The van der Waals surface area contributed by atoms with E-state index in [1.807, 2.05) is 0 Å². The van der Waals surface area contributed by atoms with Crippen molar-refractivity contribution in [3.63, 3.8) is 0 Å². The van der Waals surface area contributed by atoms with Crippen LogP contribution in [0.15, 0.2) is 24.3 Å². The van der Waals surface area contributed by atoms with Gasteiger partial charge in [0.15, 0.2) is 0 Å². The van der Waals surface area contributed by atoms with Crippen molar-refractivity contribution in [2.75, 3.05) is 0 Å². The molecule has 0 bridgehead atoms. The molecule has 0 N–H and O–H groups in total. The fraction of sp³-hybridized carbons (Fsp3) is 0.429. The zero-order valence-electron chi connectivity index (χ0n) is 10.2. The Morgan fingerprint density at radius 2 is 1.93 bits per heavy atom. The van der Waals surface area contributed by atoms with E-state index in [9.17, 15) is 0 Å². The Morgan fingerprint density at radius 3 is 2.60 bits per heavy atom. The van der Waals surface area contributed by atoms with Crippen molar-refractivity contribution < 1.29 is 0 Å². The van der Waals surface area contributed by atoms with Gasteiger partial charge in [-0.15, -0.1) is 0 Å². The number of hydrogen-bond acceptors (Lipinski definition) is 0. The van der Waals surface area contributed by atoms with Crippen molar-refractivity contribution >= 4 is 13.6 Å². The first-order chi connectivity index (χ1) is 6.96. The lowest BCUT2D eigenvalue weighted by Gasteiger charge is -2.17. The third-order valence-electron chi connectivity index (χ3n) is 2.90. The van der Waals surface area contributed by atoms with Gasteiger partial charge in [-0.25, -0.2) is 0 Å². The molecular weight excluding hydrogens is 196 g/mol. The topological polar surface area (TPSA) is 0 Å². The predicted molar refractivity (Wildman–Crippen MR) is 71.0 cm³/mol. The van der Waals surface area contributed by atoms with E-state index in [0.29, 0.717) is 0 Å². The van der Waals surface area contributed by atoms with E-state index >= 15 is 0 Å². The van der Waals surface area contributed by atoms with Crippen LogP contribution in [0.4, 0.5) is 0 Å².